The Bertz CT molecular complexity index is 243. The molecule has 2 amide bonds. The number of hydrogen-bond acceptors (Lipinski definition) is 2. The summed E-state index contributed by atoms with van der Waals surface area (Å²) in [5, 5.41) is 4.61. The van der Waals surface area contributed by atoms with Crippen molar-refractivity contribution in [2.75, 3.05) is 7.05 Å². The second kappa shape index (κ2) is 4.33. The summed E-state index contributed by atoms with van der Waals surface area (Å²) in [5.41, 5.74) is 0.352. The van der Waals surface area contributed by atoms with Crippen molar-refractivity contribution in [1.29, 1.82) is 0 Å². The Morgan fingerprint density at radius 2 is 1.67 bits per heavy atom. The molecule has 0 atom stereocenters. The molecular weight excluding hydrogens is 156 g/mol. The van der Waals surface area contributed by atoms with Crippen molar-refractivity contribution in [3.05, 3.63) is 24.4 Å². The zero-order chi connectivity index (χ0) is 9.72. The number of carbonyl (C=O) groups excluding carboxylic acids is 2. The van der Waals surface area contributed by atoms with Crippen LogP contribution in [0.5, 0.6) is 0 Å². The van der Waals surface area contributed by atoms with Crippen LogP contribution in [0.15, 0.2) is 24.4 Å². The van der Waals surface area contributed by atoms with Crippen molar-refractivity contribution >= 4 is 11.8 Å². The lowest BCUT2D eigenvalue weighted by Gasteiger charge is -2.05. The fourth-order valence-corrected chi connectivity index (χ4v) is 0.451. The highest BCUT2D eigenvalue weighted by Crippen LogP contribution is 1.90. The van der Waals surface area contributed by atoms with Crippen LogP contribution in [0.3, 0.4) is 0 Å². The zero-order valence-corrected chi connectivity index (χ0v) is 7.23. The monoisotopic (exact) mass is 168 g/mol. The van der Waals surface area contributed by atoms with Crippen molar-refractivity contribution in [2.24, 2.45) is 0 Å². The maximum absolute atomic E-state index is 10.9. The molecule has 0 aromatic rings. The summed E-state index contributed by atoms with van der Waals surface area (Å²) in [4.78, 5) is 21.7. The lowest BCUT2D eigenvalue weighted by atomic mass is 10.3. The molecule has 0 aliphatic rings. The molecule has 0 heterocycles. The molecule has 2 N–H and O–H groups in total. The molecule has 0 saturated heterocycles. The number of nitrogens with one attached hydrogen (secondary N) is 2. The van der Waals surface area contributed by atoms with Crippen LogP contribution in [0.4, 0.5) is 0 Å². The normalized spacial score (nSPS) is 8.50. The second-order valence-electron chi connectivity index (χ2n) is 2.29. The molecule has 0 unspecified atom stereocenters. The van der Waals surface area contributed by atoms with Gasteiger partial charge in [-0.05, 0) is 6.92 Å². The van der Waals surface area contributed by atoms with Gasteiger partial charge in [0.2, 0.25) is 0 Å². The lowest BCUT2D eigenvalue weighted by molar-refractivity contribution is -0.121. The Morgan fingerprint density at radius 1 is 1.17 bits per heavy atom. The Morgan fingerprint density at radius 3 is 2.00 bits per heavy atom. The first-order valence-electron chi connectivity index (χ1n) is 3.37. The van der Waals surface area contributed by atoms with Gasteiger partial charge >= 0.3 is 0 Å². The van der Waals surface area contributed by atoms with Crippen molar-refractivity contribution in [3.8, 4) is 0 Å². The second-order valence-corrected chi connectivity index (χ2v) is 2.29. The third kappa shape index (κ3) is 3.01. The van der Waals surface area contributed by atoms with E-state index in [2.05, 4.69) is 23.8 Å². The predicted molar refractivity (Wildman–Crippen MR) is 46.2 cm³/mol. The predicted octanol–water partition coefficient (Wildman–Crippen LogP) is -0.0616. The zero-order valence-electron chi connectivity index (χ0n) is 7.23. The van der Waals surface area contributed by atoms with Gasteiger partial charge in [0.25, 0.3) is 11.8 Å². The van der Waals surface area contributed by atoms with E-state index in [4.69, 9.17) is 0 Å². The molecule has 0 fully saturated rings. The minimum Gasteiger partial charge on any atom is -0.354 e. The van der Waals surface area contributed by atoms with Gasteiger partial charge in [-0.15, -0.1) is 0 Å². The summed E-state index contributed by atoms with van der Waals surface area (Å²) in [6.07, 6.45) is 0. The van der Waals surface area contributed by atoms with Gasteiger partial charge in [0.05, 0.1) is 5.70 Å². The van der Waals surface area contributed by atoms with Crippen molar-refractivity contribution in [3.63, 3.8) is 0 Å². The van der Waals surface area contributed by atoms with Gasteiger partial charge in [0, 0.05) is 12.6 Å². The van der Waals surface area contributed by atoms with Gasteiger partial charge in [0.1, 0.15) is 0 Å². The molecule has 0 rings (SSSR count). The van der Waals surface area contributed by atoms with Gasteiger partial charge in [0.15, 0.2) is 0 Å². The molecule has 0 spiro atoms. The van der Waals surface area contributed by atoms with E-state index in [0.717, 1.165) is 0 Å². The van der Waals surface area contributed by atoms with Crippen LogP contribution in [0.2, 0.25) is 0 Å². The Hall–Kier alpha value is -1.58. The van der Waals surface area contributed by atoms with Crippen LogP contribution in [0.1, 0.15) is 6.92 Å². The maximum Gasteiger partial charge on any atom is 0.266 e. The largest absolute Gasteiger partial charge is 0.354 e. The minimum absolute atomic E-state index is 0.0190. The molecular formula is C8H12N2O2. The van der Waals surface area contributed by atoms with Gasteiger partial charge in [-0.3, -0.25) is 9.59 Å². The molecule has 0 radical (unpaired) electrons. The van der Waals surface area contributed by atoms with E-state index in [0.29, 0.717) is 5.57 Å². The smallest absolute Gasteiger partial charge is 0.266 e. The Balaban J connectivity index is 4.11. The highest BCUT2D eigenvalue weighted by molar-refractivity contribution is 6.01. The highest BCUT2D eigenvalue weighted by Gasteiger charge is 2.08. The molecule has 0 aliphatic heterocycles. The van der Waals surface area contributed by atoms with Crippen LogP contribution in [0.25, 0.3) is 0 Å². The number of likely N-dealkylation sites (N-methyl/N-ethyl adjacent to an activating group) is 1. The Labute approximate surface area is 71.3 Å². The minimum atomic E-state index is -0.412. The first-order valence-corrected chi connectivity index (χ1v) is 3.37. The summed E-state index contributed by atoms with van der Waals surface area (Å²) >= 11 is 0. The number of hydrogen-bond donors (Lipinski definition) is 2. The van der Waals surface area contributed by atoms with E-state index in [1.54, 1.807) is 6.92 Å². The van der Waals surface area contributed by atoms with Crippen LogP contribution < -0.4 is 10.6 Å². The van der Waals surface area contributed by atoms with E-state index >= 15 is 0 Å². The van der Waals surface area contributed by atoms with E-state index in [9.17, 15) is 9.59 Å². The lowest BCUT2D eigenvalue weighted by Crippen LogP contribution is -2.32. The summed E-state index contributed by atoms with van der Waals surface area (Å²) in [7, 11) is 1.46. The molecule has 4 heteroatoms. The summed E-state index contributed by atoms with van der Waals surface area (Å²) in [6.45, 7) is 8.32. The van der Waals surface area contributed by atoms with Gasteiger partial charge in [-0.25, -0.2) is 0 Å². The van der Waals surface area contributed by atoms with Crippen molar-refractivity contribution in [2.45, 2.75) is 6.92 Å². The number of amides is 2. The maximum atomic E-state index is 10.9. The van der Waals surface area contributed by atoms with E-state index in [-0.39, 0.29) is 5.70 Å². The first-order chi connectivity index (χ1) is 5.49. The highest BCUT2D eigenvalue weighted by atomic mass is 16.2. The summed E-state index contributed by atoms with van der Waals surface area (Å²) in [5.74, 6) is -0.812. The number of carbonyl (C=O) groups is 2. The fourth-order valence-electron chi connectivity index (χ4n) is 0.451. The summed E-state index contributed by atoms with van der Waals surface area (Å²) in [6, 6.07) is 0. The summed E-state index contributed by atoms with van der Waals surface area (Å²) < 4.78 is 0. The van der Waals surface area contributed by atoms with Crippen LogP contribution in [-0.2, 0) is 9.59 Å². The average molecular weight is 168 g/mol. The first kappa shape index (κ1) is 10.4. The fraction of sp³-hybridized carbons (Fsp3) is 0.250. The molecule has 0 aromatic heterocycles. The third-order valence-corrected chi connectivity index (χ3v) is 1.15. The molecule has 0 saturated carbocycles. The van der Waals surface area contributed by atoms with E-state index in [1.807, 2.05) is 0 Å². The number of rotatable bonds is 3. The van der Waals surface area contributed by atoms with Crippen LogP contribution in [0, 0.1) is 0 Å². The van der Waals surface area contributed by atoms with E-state index < -0.39 is 11.8 Å². The molecule has 0 aromatic carbocycles. The third-order valence-electron chi connectivity index (χ3n) is 1.15. The topological polar surface area (TPSA) is 58.2 Å². The van der Waals surface area contributed by atoms with Crippen LogP contribution >= 0.6 is 0 Å². The molecule has 66 valence electrons. The Kier molecular flexibility index (Phi) is 3.76. The van der Waals surface area contributed by atoms with Gasteiger partial charge in [-0.1, -0.05) is 13.2 Å². The average Bonchev–Trinajstić information content (AvgIpc) is 2.02. The van der Waals surface area contributed by atoms with Gasteiger partial charge < -0.3 is 10.6 Å². The van der Waals surface area contributed by atoms with Gasteiger partial charge in [-0.2, -0.15) is 0 Å². The standard InChI is InChI=1S/C8H12N2O2/c1-5(2)7(11)10-6(3)8(12)9-4/h1,3H2,2,4H3,(H,9,12)(H,10,11). The quantitative estimate of drug-likeness (QED) is 0.580. The molecule has 0 bridgehead atoms. The SMILES string of the molecule is C=C(C)C(=O)NC(=C)C(=O)NC. The van der Waals surface area contributed by atoms with Crippen molar-refractivity contribution < 1.29 is 9.59 Å². The van der Waals surface area contributed by atoms with E-state index in [1.165, 1.54) is 7.05 Å². The molecule has 12 heavy (non-hydrogen) atoms. The molecule has 4 nitrogen and oxygen atoms in total. The van der Waals surface area contributed by atoms with Crippen molar-refractivity contribution in [1.82, 2.24) is 10.6 Å². The molecule has 0 aliphatic carbocycles. The van der Waals surface area contributed by atoms with Crippen LogP contribution in [-0.4, -0.2) is 18.9 Å².